The lowest BCUT2D eigenvalue weighted by atomic mass is 9.94. The second-order valence-electron chi connectivity index (χ2n) is 5.05. The molecule has 0 heterocycles. The monoisotopic (exact) mass is 229 g/mol. The molecule has 94 valence electrons. The molecule has 0 aliphatic heterocycles. The highest BCUT2D eigenvalue weighted by molar-refractivity contribution is 5.82. The number of nitrogens with one attached hydrogen (secondary N) is 1. The molecule has 4 nitrogen and oxygen atoms in total. The number of ether oxygens (including phenoxy) is 1. The fourth-order valence-electron chi connectivity index (χ4n) is 1.03. The van der Waals surface area contributed by atoms with E-state index >= 15 is 0 Å². The maximum Gasteiger partial charge on any atom is 0.310 e. The lowest BCUT2D eigenvalue weighted by molar-refractivity contribution is -0.148. The summed E-state index contributed by atoms with van der Waals surface area (Å²) in [7, 11) is 0. The highest BCUT2D eigenvalue weighted by atomic mass is 16.5. The van der Waals surface area contributed by atoms with Gasteiger partial charge in [0.2, 0.25) is 5.91 Å². The largest absolute Gasteiger partial charge is 0.466 e. The normalized spacial score (nSPS) is 15.1. The molecule has 0 fully saturated rings. The first kappa shape index (κ1) is 14.9. The Kier molecular flexibility index (Phi) is 5.48. The number of rotatable bonds is 4. The van der Waals surface area contributed by atoms with Crippen molar-refractivity contribution in [1.29, 1.82) is 0 Å². The first-order valence-electron chi connectivity index (χ1n) is 5.67. The van der Waals surface area contributed by atoms with Crippen LogP contribution < -0.4 is 5.32 Å². The molecule has 0 bridgehead atoms. The molecule has 0 unspecified atom stereocenters. The predicted molar refractivity (Wildman–Crippen MR) is 62.9 cm³/mol. The molecule has 4 heteroatoms. The van der Waals surface area contributed by atoms with Crippen LogP contribution in [0.2, 0.25) is 0 Å². The molecule has 0 aliphatic rings. The van der Waals surface area contributed by atoms with E-state index in [0.717, 1.165) is 0 Å². The number of hydrogen-bond acceptors (Lipinski definition) is 3. The SMILES string of the molecule is CCOC(=O)[C@@H](C)[C@@H](C)NC(=O)C(C)(C)C. The zero-order valence-electron chi connectivity index (χ0n) is 11.1. The van der Waals surface area contributed by atoms with Crippen molar-refractivity contribution in [2.75, 3.05) is 6.61 Å². The number of hydrogen-bond donors (Lipinski definition) is 1. The maximum absolute atomic E-state index is 11.7. The topological polar surface area (TPSA) is 55.4 Å². The van der Waals surface area contributed by atoms with Gasteiger partial charge >= 0.3 is 5.97 Å². The minimum absolute atomic E-state index is 0.0591. The molecule has 2 atom stereocenters. The van der Waals surface area contributed by atoms with Gasteiger partial charge in [-0.2, -0.15) is 0 Å². The molecule has 0 aromatic heterocycles. The third kappa shape index (κ3) is 4.64. The Morgan fingerprint density at radius 1 is 1.25 bits per heavy atom. The van der Waals surface area contributed by atoms with Crippen molar-refractivity contribution in [1.82, 2.24) is 5.32 Å². The summed E-state index contributed by atoms with van der Waals surface area (Å²) in [5.41, 5.74) is -0.442. The molecule has 1 amide bonds. The lowest BCUT2D eigenvalue weighted by Crippen LogP contribution is -2.45. The number of carbonyl (C=O) groups excluding carboxylic acids is 2. The van der Waals surface area contributed by atoms with Crippen molar-refractivity contribution in [3.05, 3.63) is 0 Å². The maximum atomic E-state index is 11.7. The summed E-state index contributed by atoms with van der Waals surface area (Å²) >= 11 is 0. The van der Waals surface area contributed by atoms with Crippen molar-refractivity contribution in [3.8, 4) is 0 Å². The molecule has 1 N–H and O–H groups in total. The Balaban J connectivity index is 4.31. The van der Waals surface area contributed by atoms with E-state index in [1.165, 1.54) is 0 Å². The molecule has 0 saturated heterocycles. The molecule has 0 spiro atoms. The fraction of sp³-hybridized carbons (Fsp3) is 0.833. The van der Waals surface area contributed by atoms with Crippen LogP contribution in [0.4, 0.5) is 0 Å². The summed E-state index contributed by atoms with van der Waals surface area (Å²) in [6.45, 7) is 11.2. The smallest absolute Gasteiger partial charge is 0.310 e. The van der Waals surface area contributed by atoms with Crippen LogP contribution in [0.3, 0.4) is 0 Å². The van der Waals surface area contributed by atoms with Crippen molar-refractivity contribution < 1.29 is 14.3 Å². The Hall–Kier alpha value is -1.06. The standard InChI is InChI=1S/C12H23NO3/c1-7-16-10(14)8(2)9(3)13-11(15)12(4,5)6/h8-9H,7H2,1-6H3,(H,13,15)/t8-,9+/m0/s1. The first-order valence-corrected chi connectivity index (χ1v) is 5.67. The van der Waals surface area contributed by atoms with Gasteiger partial charge in [-0.25, -0.2) is 0 Å². The van der Waals surface area contributed by atoms with Gasteiger partial charge in [0, 0.05) is 11.5 Å². The summed E-state index contributed by atoms with van der Waals surface area (Å²) in [4.78, 5) is 23.1. The highest BCUT2D eigenvalue weighted by Crippen LogP contribution is 2.14. The zero-order chi connectivity index (χ0) is 12.9. The Morgan fingerprint density at radius 3 is 2.12 bits per heavy atom. The predicted octanol–water partition coefficient (Wildman–Crippen LogP) is 1.74. The zero-order valence-corrected chi connectivity index (χ0v) is 11.1. The third-order valence-electron chi connectivity index (χ3n) is 2.45. The molecule has 0 rings (SSSR count). The summed E-state index contributed by atoms with van der Waals surface area (Å²) < 4.78 is 4.90. The van der Waals surface area contributed by atoms with Crippen LogP contribution in [0.25, 0.3) is 0 Å². The number of carbonyl (C=O) groups is 2. The lowest BCUT2D eigenvalue weighted by Gasteiger charge is -2.24. The van der Waals surface area contributed by atoms with E-state index in [1.54, 1.807) is 13.8 Å². The van der Waals surface area contributed by atoms with Crippen LogP contribution in [-0.2, 0) is 14.3 Å². The number of amides is 1. The van der Waals surface area contributed by atoms with E-state index in [0.29, 0.717) is 6.61 Å². The summed E-state index contributed by atoms with van der Waals surface area (Å²) in [5.74, 6) is -0.661. The highest BCUT2D eigenvalue weighted by Gasteiger charge is 2.27. The van der Waals surface area contributed by atoms with Gasteiger partial charge in [0.1, 0.15) is 0 Å². The number of esters is 1. The molecule has 0 aliphatic carbocycles. The summed E-state index contributed by atoms with van der Waals surface area (Å²) in [6.07, 6.45) is 0. The molecular formula is C12H23NO3. The molecule has 0 saturated carbocycles. The van der Waals surface area contributed by atoms with E-state index in [1.807, 2.05) is 27.7 Å². The average Bonchev–Trinajstić information content (AvgIpc) is 2.15. The van der Waals surface area contributed by atoms with Crippen LogP contribution in [0.15, 0.2) is 0 Å². The van der Waals surface area contributed by atoms with Crippen LogP contribution in [-0.4, -0.2) is 24.5 Å². The quantitative estimate of drug-likeness (QED) is 0.747. The second kappa shape index (κ2) is 5.87. The van der Waals surface area contributed by atoms with Gasteiger partial charge in [-0.3, -0.25) is 9.59 Å². The van der Waals surface area contributed by atoms with Crippen molar-refractivity contribution in [2.45, 2.75) is 47.6 Å². The molecule has 0 aromatic rings. The molecule has 0 radical (unpaired) electrons. The Morgan fingerprint density at radius 2 is 1.75 bits per heavy atom. The van der Waals surface area contributed by atoms with Gasteiger partial charge in [-0.05, 0) is 20.8 Å². The Bertz CT molecular complexity index is 255. The van der Waals surface area contributed by atoms with Crippen LogP contribution in [0.1, 0.15) is 41.5 Å². The van der Waals surface area contributed by atoms with E-state index < -0.39 is 5.41 Å². The van der Waals surface area contributed by atoms with Crippen molar-refractivity contribution in [3.63, 3.8) is 0 Å². The van der Waals surface area contributed by atoms with E-state index in [4.69, 9.17) is 4.74 Å². The third-order valence-corrected chi connectivity index (χ3v) is 2.45. The van der Waals surface area contributed by atoms with Gasteiger partial charge in [0.15, 0.2) is 0 Å². The van der Waals surface area contributed by atoms with Crippen LogP contribution >= 0.6 is 0 Å². The van der Waals surface area contributed by atoms with Gasteiger partial charge in [0.05, 0.1) is 12.5 Å². The van der Waals surface area contributed by atoms with Crippen molar-refractivity contribution >= 4 is 11.9 Å². The molecule has 0 aromatic carbocycles. The second-order valence-corrected chi connectivity index (χ2v) is 5.05. The van der Waals surface area contributed by atoms with E-state index in [9.17, 15) is 9.59 Å². The van der Waals surface area contributed by atoms with E-state index in [-0.39, 0.29) is 23.8 Å². The minimum atomic E-state index is -0.442. The van der Waals surface area contributed by atoms with Crippen LogP contribution in [0, 0.1) is 11.3 Å². The molecule has 16 heavy (non-hydrogen) atoms. The summed E-state index contributed by atoms with van der Waals surface area (Å²) in [5, 5.41) is 2.82. The van der Waals surface area contributed by atoms with E-state index in [2.05, 4.69) is 5.32 Å². The Labute approximate surface area is 97.7 Å². The minimum Gasteiger partial charge on any atom is -0.466 e. The summed E-state index contributed by atoms with van der Waals surface area (Å²) in [6, 6.07) is -0.217. The average molecular weight is 229 g/mol. The van der Waals surface area contributed by atoms with Gasteiger partial charge in [0.25, 0.3) is 0 Å². The van der Waals surface area contributed by atoms with Gasteiger partial charge < -0.3 is 10.1 Å². The van der Waals surface area contributed by atoms with Crippen LogP contribution in [0.5, 0.6) is 0 Å². The van der Waals surface area contributed by atoms with Gasteiger partial charge in [-0.15, -0.1) is 0 Å². The van der Waals surface area contributed by atoms with Gasteiger partial charge in [-0.1, -0.05) is 20.8 Å². The van der Waals surface area contributed by atoms with Crippen molar-refractivity contribution in [2.24, 2.45) is 11.3 Å². The fourth-order valence-corrected chi connectivity index (χ4v) is 1.03. The first-order chi connectivity index (χ1) is 7.20. The molecular weight excluding hydrogens is 206 g/mol.